The normalized spacial score (nSPS) is 13.4. The minimum absolute atomic E-state index is 0.136. The molecule has 0 radical (unpaired) electrons. The zero-order chi connectivity index (χ0) is 17.1. The van der Waals surface area contributed by atoms with Crippen molar-refractivity contribution in [2.45, 2.75) is 53.2 Å². The van der Waals surface area contributed by atoms with Crippen LogP contribution in [0.1, 0.15) is 53.5 Å². The van der Waals surface area contributed by atoms with Crippen LogP contribution in [0.15, 0.2) is 4.42 Å². The maximum atomic E-state index is 12.0. The first-order chi connectivity index (χ1) is 9.88. The number of ether oxygens (including phenoxy) is 1. The van der Waals surface area contributed by atoms with Gasteiger partial charge >= 0.3 is 18.1 Å². The first kappa shape index (κ1) is 17.7. The Hall–Kier alpha value is -2.32. The number of alkyl carbamates (subject to hydrolysis) is 1. The summed E-state index contributed by atoms with van der Waals surface area (Å²) in [5.74, 6) is 0.141. The number of amides is 3. The fraction of sp³-hybridized carbons (Fsp3) is 0.692. The molecule has 22 heavy (non-hydrogen) atoms. The molecule has 1 aromatic rings. The van der Waals surface area contributed by atoms with Crippen LogP contribution in [0.2, 0.25) is 0 Å². The van der Waals surface area contributed by atoms with Gasteiger partial charge < -0.3 is 20.2 Å². The number of carbonyl (C=O) groups is 2. The smallest absolute Gasteiger partial charge is 0.408 e. The number of hydrogen-bond donors (Lipinski definition) is 3. The molecule has 9 nitrogen and oxygen atoms in total. The standard InChI is InChI=1S/C13H23N5O4/c1-12(2,3)7(15-11(20)22-13(4,5)6)8-17-18-10(21-8)16-9(14)19/h7H,1-6H3,(H,15,20)(H3,14,16,18,19)/t7-/m1/s1. The summed E-state index contributed by atoms with van der Waals surface area (Å²) in [4.78, 5) is 22.7. The van der Waals surface area contributed by atoms with Crippen LogP contribution in [0, 0.1) is 5.41 Å². The van der Waals surface area contributed by atoms with E-state index < -0.39 is 29.2 Å². The summed E-state index contributed by atoms with van der Waals surface area (Å²) < 4.78 is 10.5. The van der Waals surface area contributed by atoms with Crippen LogP contribution in [0.25, 0.3) is 0 Å². The van der Waals surface area contributed by atoms with Crippen molar-refractivity contribution in [3.05, 3.63) is 5.89 Å². The highest BCUT2D eigenvalue weighted by Crippen LogP contribution is 2.32. The summed E-state index contributed by atoms with van der Waals surface area (Å²) in [5, 5.41) is 12.4. The Balaban J connectivity index is 2.92. The van der Waals surface area contributed by atoms with E-state index in [0.29, 0.717) is 0 Å². The molecule has 1 atom stereocenters. The SMILES string of the molecule is CC(C)(C)OC(=O)N[C@H](c1nnc(NC(N)=O)o1)C(C)(C)C. The summed E-state index contributed by atoms with van der Waals surface area (Å²) in [7, 11) is 0. The van der Waals surface area contributed by atoms with E-state index >= 15 is 0 Å². The number of rotatable bonds is 3. The van der Waals surface area contributed by atoms with Gasteiger partial charge in [0.1, 0.15) is 11.6 Å². The number of nitrogens with two attached hydrogens (primary N) is 1. The van der Waals surface area contributed by atoms with Gasteiger partial charge in [0.25, 0.3) is 0 Å². The topological polar surface area (TPSA) is 132 Å². The first-order valence-electron chi connectivity index (χ1n) is 6.78. The van der Waals surface area contributed by atoms with E-state index in [-0.39, 0.29) is 11.9 Å². The van der Waals surface area contributed by atoms with Crippen molar-refractivity contribution >= 4 is 18.1 Å². The summed E-state index contributed by atoms with van der Waals surface area (Å²) in [6, 6.07) is -1.55. The molecule has 0 spiro atoms. The van der Waals surface area contributed by atoms with Gasteiger partial charge in [-0.05, 0) is 26.2 Å². The van der Waals surface area contributed by atoms with Crippen molar-refractivity contribution in [3.8, 4) is 0 Å². The zero-order valence-electron chi connectivity index (χ0n) is 13.7. The van der Waals surface area contributed by atoms with Crippen LogP contribution in [-0.2, 0) is 4.74 Å². The minimum atomic E-state index is -0.817. The third-order valence-electron chi connectivity index (χ3n) is 2.44. The quantitative estimate of drug-likeness (QED) is 0.783. The van der Waals surface area contributed by atoms with Crippen molar-refractivity contribution in [1.29, 1.82) is 0 Å². The van der Waals surface area contributed by atoms with E-state index in [1.807, 2.05) is 20.8 Å². The molecule has 3 amide bonds. The third kappa shape index (κ3) is 5.58. The number of aromatic nitrogens is 2. The highest BCUT2D eigenvalue weighted by molar-refractivity contribution is 5.85. The molecule has 1 aromatic heterocycles. The summed E-state index contributed by atoms with van der Waals surface area (Å²) >= 11 is 0. The predicted molar refractivity (Wildman–Crippen MR) is 79.1 cm³/mol. The molecule has 0 fully saturated rings. The third-order valence-corrected chi connectivity index (χ3v) is 2.44. The number of primary amides is 1. The Morgan fingerprint density at radius 3 is 2.23 bits per heavy atom. The molecule has 0 aromatic carbocycles. The van der Waals surface area contributed by atoms with Gasteiger partial charge in [0.2, 0.25) is 5.89 Å². The second-order valence-electron chi connectivity index (χ2n) is 6.88. The number of urea groups is 1. The van der Waals surface area contributed by atoms with Crippen LogP contribution < -0.4 is 16.4 Å². The second kappa shape index (κ2) is 6.20. The average molecular weight is 313 g/mol. The maximum Gasteiger partial charge on any atom is 0.408 e. The molecular weight excluding hydrogens is 290 g/mol. The first-order valence-corrected chi connectivity index (χ1v) is 6.78. The molecule has 0 aliphatic heterocycles. The van der Waals surface area contributed by atoms with E-state index in [2.05, 4.69) is 20.8 Å². The van der Waals surface area contributed by atoms with Gasteiger partial charge in [0, 0.05) is 0 Å². The van der Waals surface area contributed by atoms with E-state index in [9.17, 15) is 9.59 Å². The molecule has 1 rings (SSSR count). The number of nitrogens with one attached hydrogen (secondary N) is 2. The number of carbonyl (C=O) groups excluding carboxylic acids is 2. The molecule has 0 unspecified atom stereocenters. The number of hydrogen-bond acceptors (Lipinski definition) is 6. The molecule has 0 saturated carbocycles. The monoisotopic (exact) mass is 313 g/mol. The van der Waals surface area contributed by atoms with Crippen molar-refractivity contribution in [3.63, 3.8) is 0 Å². The van der Waals surface area contributed by atoms with Crippen LogP contribution >= 0.6 is 0 Å². The van der Waals surface area contributed by atoms with Crippen molar-refractivity contribution < 1.29 is 18.7 Å². The molecule has 4 N–H and O–H groups in total. The van der Waals surface area contributed by atoms with Crippen LogP contribution in [-0.4, -0.2) is 27.9 Å². The molecule has 9 heteroatoms. The lowest BCUT2D eigenvalue weighted by molar-refractivity contribution is 0.0447. The van der Waals surface area contributed by atoms with Crippen LogP contribution in [0.4, 0.5) is 15.6 Å². The Morgan fingerprint density at radius 1 is 1.18 bits per heavy atom. The van der Waals surface area contributed by atoms with Gasteiger partial charge in [-0.25, -0.2) is 9.59 Å². The molecule has 0 saturated heterocycles. The van der Waals surface area contributed by atoms with E-state index in [1.54, 1.807) is 20.8 Å². The van der Waals surface area contributed by atoms with E-state index in [0.717, 1.165) is 0 Å². The van der Waals surface area contributed by atoms with Gasteiger partial charge in [-0.15, -0.1) is 5.10 Å². The van der Waals surface area contributed by atoms with Crippen LogP contribution in [0.5, 0.6) is 0 Å². The summed E-state index contributed by atoms with van der Waals surface area (Å²) in [6.07, 6.45) is -0.602. The predicted octanol–water partition coefficient (Wildman–Crippen LogP) is 2.17. The zero-order valence-corrected chi connectivity index (χ0v) is 13.7. The Bertz CT molecular complexity index is 541. The summed E-state index contributed by atoms with van der Waals surface area (Å²) in [6.45, 7) is 11.0. The average Bonchev–Trinajstić information content (AvgIpc) is 2.68. The fourth-order valence-corrected chi connectivity index (χ4v) is 1.58. The number of nitrogens with zero attached hydrogens (tertiary/aromatic N) is 2. The summed E-state index contributed by atoms with van der Waals surface area (Å²) in [5.41, 5.74) is 3.93. The molecule has 0 aliphatic carbocycles. The van der Waals surface area contributed by atoms with Gasteiger partial charge in [0.15, 0.2) is 0 Å². The highest BCUT2D eigenvalue weighted by atomic mass is 16.6. The van der Waals surface area contributed by atoms with Gasteiger partial charge in [-0.3, -0.25) is 5.32 Å². The van der Waals surface area contributed by atoms with Gasteiger partial charge in [-0.1, -0.05) is 25.9 Å². The largest absolute Gasteiger partial charge is 0.444 e. The molecule has 0 bridgehead atoms. The van der Waals surface area contributed by atoms with Gasteiger partial charge in [-0.2, -0.15) is 0 Å². The Kier molecular flexibility index (Phi) is 5.00. The molecule has 1 heterocycles. The fourth-order valence-electron chi connectivity index (χ4n) is 1.58. The lowest BCUT2D eigenvalue weighted by Crippen LogP contribution is -2.40. The Morgan fingerprint density at radius 2 is 1.77 bits per heavy atom. The molecule has 0 aliphatic rings. The van der Waals surface area contributed by atoms with Crippen molar-refractivity contribution in [2.75, 3.05) is 5.32 Å². The van der Waals surface area contributed by atoms with Gasteiger partial charge in [0.05, 0.1) is 0 Å². The second-order valence-corrected chi connectivity index (χ2v) is 6.88. The Labute approximate surface area is 129 Å². The van der Waals surface area contributed by atoms with E-state index in [4.69, 9.17) is 14.9 Å². The maximum absolute atomic E-state index is 12.0. The van der Waals surface area contributed by atoms with Crippen LogP contribution in [0.3, 0.4) is 0 Å². The lowest BCUT2D eigenvalue weighted by Gasteiger charge is -2.29. The number of anilines is 1. The van der Waals surface area contributed by atoms with Crippen molar-refractivity contribution in [2.24, 2.45) is 11.1 Å². The van der Waals surface area contributed by atoms with E-state index in [1.165, 1.54) is 0 Å². The molecular formula is C13H23N5O4. The minimum Gasteiger partial charge on any atom is -0.444 e. The highest BCUT2D eigenvalue weighted by Gasteiger charge is 2.34. The molecule has 124 valence electrons. The lowest BCUT2D eigenvalue weighted by atomic mass is 9.87. The van der Waals surface area contributed by atoms with Crippen molar-refractivity contribution in [1.82, 2.24) is 15.5 Å².